The highest BCUT2D eigenvalue weighted by Crippen LogP contribution is 2.10. The molecule has 112 valence electrons. The van der Waals surface area contributed by atoms with E-state index in [0.717, 1.165) is 39.3 Å². The van der Waals surface area contributed by atoms with Crippen molar-refractivity contribution in [3.8, 4) is 6.07 Å². The number of nitriles is 1. The van der Waals surface area contributed by atoms with Gasteiger partial charge in [0.25, 0.3) is 0 Å². The lowest BCUT2D eigenvalue weighted by Gasteiger charge is -2.34. The first kappa shape index (κ1) is 15.5. The molecule has 21 heavy (non-hydrogen) atoms. The zero-order chi connectivity index (χ0) is 15.1. The van der Waals surface area contributed by atoms with E-state index in [9.17, 15) is 4.79 Å². The van der Waals surface area contributed by atoms with E-state index < -0.39 is 0 Å². The standard InChI is InChI=1S/C16H21N3O2/c1-21-16(20)6-7-18-8-10-19(11-9-18)13-15-4-2-14(12-17)3-5-15/h2-5H,6-11,13H2,1H3. The van der Waals surface area contributed by atoms with E-state index in [1.165, 1.54) is 12.7 Å². The van der Waals surface area contributed by atoms with E-state index >= 15 is 0 Å². The molecule has 1 fully saturated rings. The molecule has 0 aliphatic carbocycles. The van der Waals surface area contributed by atoms with Gasteiger partial charge in [-0.15, -0.1) is 0 Å². The van der Waals surface area contributed by atoms with Crippen molar-refractivity contribution in [1.29, 1.82) is 5.26 Å². The van der Waals surface area contributed by atoms with Gasteiger partial charge in [0.15, 0.2) is 0 Å². The van der Waals surface area contributed by atoms with Gasteiger partial charge in [-0.3, -0.25) is 9.69 Å². The van der Waals surface area contributed by atoms with Crippen LogP contribution in [0.25, 0.3) is 0 Å². The van der Waals surface area contributed by atoms with Crippen molar-refractivity contribution in [2.45, 2.75) is 13.0 Å². The van der Waals surface area contributed by atoms with Gasteiger partial charge in [-0.2, -0.15) is 5.26 Å². The van der Waals surface area contributed by atoms with Gasteiger partial charge in [0.05, 0.1) is 25.2 Å². The molecule has 1 heterocycles. The quantitative estimate of drug-likeness (QED) is 0.763. The van der Waals surface area contributed by atoms with Crippen molar-refractivity contribution in [2.75, 3.05) is 39.8 Å². The molecule has 1 saturated heterocycles. The summed E-state index contributed by atoms with van der Waals surface area (Å²) < 4.78 is 4.66. The topological polar surface area (TPSA) is 56.6 Å². The highest BCUT2D eigenvalue weighted by Gasteiger charge is 2.17. The highest BCUT2D eigenvalue weighted by atomic mass is 16.5. The van der Waals surface area contributed by atoms with Crippen molar-refractivity contribution < 1.29 is 9.53 Å². The summed E-state index contributed by atoms with van der Waals surface area (Å²) in [4.78, 5) is 15.8. The van der Waals surface area contributed by atoms with Crippen molar-refractivity contribution >= 4 is 5.97 Å². The third kappa shape index (κ3) is 4.85. The summed E-state index contributed by atoms with van der Waals surface area (Å²) in [7, 11) is 1.43. The number of ether oxygens (including phenoxy) is 1. The molecule has 0 amide bonds. The molecule has 0 atom stereocenters. The first-order chi connectivity index (χ1) is 10.2. The van der Waals surface area contributed by atoms with E-state index in [4.69, 9.17) is 5.26 Å². The van der Waals surface area contributed by atoms with Gasteiger partial charge in [-0.1, -0.05) is 12.1 Å². The molecule has 0 unspecified atom stereocenters. The van der Waals surface area contributed by atoms with Crippen LogP contribution in [-0.4, -0.2) is 55.6 Å². The first-order valence-electron chi connectivity index (χ1n) is 7.22. The molecule has 2 rings (SSSR count). The second-order valence-electron chi connectivity index (χ2n) is 5.25. The fourth-order valence-corrected chi connectivity index (χ4v) is 2.47. The van der Waals surface area contributed by atoms with Gasteiger partial charge in [0.2, 0.25) is 0 Å². The molecule has 0 saturated carbocycles. The number of nitrogens with zero attached hydrogens (tertiary/aromatic N) is 3. The van der Waals surface area contributed by atoms with Gasteiger partial charge < -0.3 is 9.64 Å². The maximum absolute atomic E-state index is 11.1. The fraction of sp³-hybridized carbons (Fsp3) is 0.500. The van der Waals surface area contributed by atoms with Gasteiger partial charge in [-0.05, 0) is 17.7 Å². The van der Waals surface area contributed by atoms with E-state index in [-0.39, 0.29) is 5.97 Å². The molecule has 5 nitrogen and oxygen atoms in total. The van der Waals surface area contributed by atoms with Crippen molar-refractivity contribution in [3.05, 3.63) is 35.4 Å². The number of esters is 1. The summed E-state index contributed by atoms with van der Waals surface area (Å²) in [6.45, 7) is 5.65. The number of carbonyl (C=O) groups excluding carboxylic acids is 1. The Kier molecular flexibility index (Phi) is 5.73. The molecule has 5 heteroatoms. The predicted octanol–water partition coefficient (Wildman–Crippen LogP) is 1.24. The van der Waals surface area contributed by atoms with E-state index in [0.29, 0.717) is 12.0 Å². The normalized spacial score (nSPS) is 16.4. The zero-order valence-electron chi connectivity index (χ0n) is 12.4. The Morgan fingerprint density at radius 3 is 2.38 bits per heavy atom. The third-order valence-electron chi connectivity index (χ3n) is 3.81. The molecule has 1 aliphatic rings. The van der Waals surface area contributed by atoms with Crippen LogP contribution in [0.15, 0.2) is 24.3 Å². The van der Waals surface area contributed by atoms with Gasteiger partial charge >= 0.3 is 5.97 Å². The van der Waals surface area contributed by atoms with Crippen LogP contribution in [0.1, 0.15) is 17.5 Å². The first-order valence-corrected chi connectivity index (χ1v) is 7.22. The van der Waals surface area contributed by atoms with Crippen LogP contribution in [0.3, 0.4) is 0 Å². The molecule has 0 radical (unpaired) electrons. The average molecular weight is 287 g/mol. The number of carbonyl (C=O) groups is 1. The van der Waals surface area contributed by atoms with Crippen LogP contribution in [0, 0.1) is 11.3 Å². The molecular weight excluding hydrogens is 266 g/mol. The van der Waals surface area contributed by atoms with Gasteiger partial charge in [-0.25, -0.2) is 0 Å². The number of benzene rings is 1. The smallest absolute Gasteiger partial charge is 0.306 e. The summed E-state index contributed by atoms with van der Waals surface area (Å²) in [6.07, 6.45) is 0.464. The van der Waals surface area contributed by atoms with Gasteiger partial charge in [0, 0.05) is 39.3 Å². The molecule has 1 aliphatic heterocycles. The number of methoxy groups -OCH3 is 1. The molecule has 0 N–H and O–H groups in total. The lowest BCUT2D eigenvalue weighted by Crippen LogP contribution is -2.46. The van der Waals surface area contributed by atoms with Crippen LogP contribution >= 0.6 is 0 Å². The Hall–Kier alpha value is -1.90. The molecule has 1 aromatic rings. The van der Waals surface area contributed by atoms with Crippen LogP contribution < -0.4 is 0 Å². The maximum Gasteiger partial charge on any atom is 0.306 e. The maximum atomic E-state index is 11.1. The van der Waals surface area contributed by atoms with Crippen molar-refractivity contribution in [1.82, 2.24) is 9.80 Å². The Balaban J connectivity index is 1.73. The molecule has 0 bridgehead atoms. The minimum Gasteiger partial charge on any atom is -0.469 e. The van der Waals surface area contributed by atoms with E-state index in [1.807, 2.05) is 24.3 Å². The van der Waals surface area contributed by atoms with Crippen LogP contribution in [-0.2, 0) is 16.1 Å². The average Bonchev–Trinajstić information content (AvgIpc) is 2.54. The predicted molar refractivity (Wildman–Crippen MR) is 79.5 cm³/mol. The molecule has 0 aromatic heterocycles. The van der Waals surface area contributed by atoms with E-state index in [2.05, 4.69) is 20.6 Å². The molecule has 0 spiro atoms. The molecule has 1 aromatic carbocycles. The van der Waals surface area contributed by atoms with E-state index in [1.54, 1.807) is 0 Å². The minimum absolute atomic E-state index is 0.144. The summed E-state index contributed by atoms with van der Waals surface area (Å²) in [5, 5.41) is 8.79. The Morgan fingerprint density at radius 2 is 1.81 bits per heavy atom. The zero-order valence-corrected chi connectivity index (χ0v) is 12.4. The Labute approximate surface area is 125 Å². The summed E-state index contributed by atoms with van der Waals surface area (Å²) in [5.74, 6) is -0.144. The monoisotopic (exact) mass is 287 g/mol. The lowest BCUT2D eigenvalue weighted by molar-refractivity contribution is -0.141. The largest absolute Gasteiger partial charge is 0.469 e. The lowest BCUT2D eigenvalue weighted by atomic mass is 10.1. The number of hydrogen-bond acceptors (Lipinski definition) is 5. The highest BCUT2D eigenvalue weighted by molar-refractivity contribution is 5.69. The Morgan fingerprint density at radius 1 is 1.19 bits per heavy atom. The Bertz CT molecular complexity index is 499. The van der Waals surface area contributed by atoms with Crippen LogP contribution in [0.2, 0.25) is 0 Å². The number of hydrogen-bond donors (Lipinski definition) is 0. The summed E-state index contributed by atoms with van der Waals surface area (Å²) in [6, 6.07) is 9.89. The minimum atomic E-state index is -0.144. The number of piperazine rings is 1. The second kappa shape index (κ2) is 7.77. The third-order valence-corrected chi connectivity index (χ3v) is 3.81. The fourth-order valence-electron chi connectivity index (χ4n) is 2.47. The van der Waals surface area contributed by atoms with Crippen LogP contribution in [0.4, 0.5) is 0 Å². The SMILES string of the molecule is COC(=O)CCN1CCN(Cc2ccc(C#N)cc2)CC1. The van der Waals surface area contributed by atoms with Crippen molar-refractivity contribution in [3.63, 3.8) is 0 Å². The second-order valence-corrected chi connectivity index (χ2v) is 5.25. The molecular formula is C16H21N3O2. The summed E-state index contributed by atoms with van der Waals surface area (Å²) >= 11 is 0. The van der Waals surface area contributed by atoms with Crippen LogP contribution in [0.5, 0.6) is 0 Å². The van der Waals surface area contributed by atoms with Gasteiger partial charge in [0.1, 0.15) is 0 Å². The van der Waals surface area contributed by atoms with Crippen molar-refractivity contribution in [2.24, 2.45) is 0 Å². The number of rotatable bonds is 5. The summed E-state index contributed by atoms with van der Waals surface area (Å²) in [5.41, 5.74) is 1.93.